The molecular formula is C17H18N4O3. The van der Waals surface area contributed by atoms with E-state index in [-0.39, 0.29) is 0 Å². The fraction of sp³-hybridized carbons (Fsp3) is 0.118. The van der Waals surface area contributed by atoms with E-state index in [1.807, 2.05) is 31.2 Å². The minimum absolute atomic E-state index is 0.387. The van der Waals surface area contributed by atoms with Crippen LogP contribution in [0.1, 0.15) is 11.1 Å². The molecule has 7 heteroatoms. The Morgan fingerprint density at radius 1 is 1.21 bits per heavy atom. The second-order valence-corrected chi connectivity index (χ2v) is 5.25. The molecule has 1 amide bonds. The smallest absolute Gasteiger partial charge is 0.330 e. The van der Waals surface area contributed by atoms with E-state index in [9.17, 15) is 9.59 Å². The molecule has 1 atom stereocenters. The number of carbonyl (C=O) groups excluding carboxylic acids is 1. The maximum absolute atomic E-state index is 11.7. The first kappa shape index (κ1) is 17.2. The summed E-state index contributed by atoms with van der Waals surface area (Å²) in [5, 5.41) is 21.9. The van der Waals surface area contributed by atoms with Crippen LogP contribution in [-0.2, 0) is 9.59 Å². The summed E-state index contributed by atoms with van der Waals surface area (Å²) in [6.45, 7) is 1.96. The minimum Gasteiger partial charge on any atom is -0.480 e. The van der Waals surface area contributed by atoms with Crippen LogP contribution in [0, 0.1) is 12.3 Å². The zero-order chi connectivity index (χ0) is 17.7. The van der Waals surface area contributed by atoms with E-state index in [1.54, 1.807) is 18.2 Å². The predicted octanol–water partition coefficient (Wildman–Crippen LogP) is 2.09. The van der Waals surface area contributed by atoms with Crippen molar-refractivity contribution in [3.05, 3.63) is 53.6 Å². The lowest BCUT2D eigenvalue weighted by atomic mass is 10.1. The average molecular weight is 326 g/mol. The van der Waals surface area contributed by atoms with Crippen LogP contribution in [0.3, 0.4) is 0 Å². The largest absolute Gasteiger partial charge is 0.480 e. The van der Waals surface area contributed by atoms with Gasteiger partial charge in [-0.3, -0.25) is 4.79 Å². The molecule has 1 unspecified atom stereocenters. The van der Waals surface area contributed by atoms with E-state index in [4.69, 9.17) is 16.2 Å². The van der Waals surface area contributed by atoms with E-state index in [1.165, 1.54) is 6.21 Å². The maximum Gasteiger partial charge on any atom is 0.330 e. The summed E-state index contributed by atoms with van der Waals surface area (Å²) in [4.78, 5) is 22.5. The summed E-state index contributed by atoms with van der Waals surface area (Å²) in [6, 6.07) is 10.9. The number of carboxylic acid groups (broad SMARTS) is 1. The SMILES string of the molecule is Cc1cccc(Nc2cc(NC(=O)C(N)C(=O)O)ccc2C=N)c1. The van der Waals surface area contributed by atoms with Crippen molar-refractivity contribution < 1.29 is 14.7 Å². The third-order valence-electron chi connectivity index (χ3n) is 3.32. The van der Waals surface area contributed by atoms with Crippen molar-refractivity contribution in [1.29, 1.82) is 5.41 Å². The summed E-state index contributed by atoms with van der Waals surface area (Å²) >= 11 is 0. The molecule has 0 radical (unpaired) electrons. The van der Waals surface area contributed by atoms with Crippen molar-refractivity contribution >= 4 is 35.2 Å². The molecule has 0 aliphatic carbocycles. The molecule has 0 aliphatic heterocycles. The standard InChI is InChI=1S/C17H18N4O3/c1-10-3-2-4-12(7-10)20-14-8-13(6-5-11(14)9-18)21-16(22)15(19)17(23)24/h2-9,15,18,20H,19H2,1H3,(H,21,22)(H,23,24). The molecule has 0 saturated heterocycles. The number of nitrogens with two attached hydrogens (primary N) is 1. The highest BCUT2D eigenvalue weighted by atomic mass is 16.4. The Bertz CT molecular complexity index is 789. The first-order chi connectivity index (χ1) is 11.4. The average Bonchev–Trinajstić information content (AvgIpc) is 2.54. The number of hydrogen-bond donors (Lipinski definition) is 5. The lowest BCUT2D eigenvalue weighted by Crippen LogP contribution is -2.42. The molecule has 0 spiro atoms. The van der Waals surface area contributed by atoms with Gasteiger partial charge in [-0.15, -0.1) is 0 Å². The van der Waals surface area contributed by atoms with Gasteiger partial charge in [0.25, 0.3) is 5.91 Å². The van der Waals surface area contributed by atoms with E-state index in [0.717, 1.165) is 11.3 Å². The Kier molecular flexibility index (Phi) is 5.28. The van der Waals surface area contributed by atoms with Crippen molar-refractivity contribution in [2.75, 3.05) is 10.6 Å². The fourth-order valence-electron chi connectivity index (χ4n) is 2.08. The van der Waals surface area contributed by atoms with Crippen LogP contribution in [0.2, 0.25) is 0 Å². The number of anilines is 3. The van der Waals surface area contributed by atoms with Crippen LogP contribution in [0.25, 0.3) is 0 Å². The Balaban J connectivity index is 2.25. The lowest BCUT2D eigenvalue weighted by Gasteiger charge is -2.13. The van der Waals surface area contributed by atoms with Gasteiger partial charge in [0.2, 0.25) is 0 Å². The van der Waals surface area contributed by atoms with Crippen LogP contribution in [0.4, 0.5) is 17.1 Å². The molecule has 0 heterocycles. The van der Waals surface area contributed by atoms with E-state index in [0.29, 0.717) is 16.9 Å². The monoisotopic (exact) mass is 326 g/mol. The van der Waals surface area contributed by atoms with Crippen molar-refractivity contribution in [1.82, 2.24) is 0 Å². The highest BCUT2D eigenvalue weighted by Crippen LogP contribution is 2.24. The Morgan fingerprint density at radius 2 is 1.96 bits per heavy atom. The van der Waals surface area contributed by atoms with Crippen LogP contribution < -0.4 is 16.4 Å². The Morgan fingerprint density at radius 3 is 2.58 bits per heavy atom. The Labute approximate surface area is 139 Å². The molecule has 7 nitrogen and oxygen atoms in total. The number of benzene rings is 2. The molecular weight excluding hydrogens is 308 g/mol. The van der Waals surface area contributed by atoms with Crippen LogP contribution in [-0.4, -0.2) is 29.2 Å². The van der Waals surface area contributed by atoms with E-state index < -0.39 is 17.9 Å². The van der Waals surface area contributed by atoms with Gasteiger partial charge in [-0.25, -0.2) is 4.79 Å². The number of carbonyl (C=O) groups is 2. The van der Waals surface area contributed by atoms with Gasteiger partial charge >= 0.3 is 5.97 Å². The van der Waals surface area contributed by atoms with Crippen molar-refractivity contribution in [2.24, 2.45) is 5.73 Å². The fourth-order valence-corrected chi connectivity index (χ4v) is 2.08. The third kappa shape index (κ3) is 4.17. The van der Waals surface area contributed by atoms with Crippen LogP contribution >= 0.6 is 0 Å². The summed E-state index contributed by atoms with van der Waals surface area (Å²) in [5.41, 5.74) is 8.81. The van der Waals surface area contributed by atoms with Crippen molar-refractivity contribution in [3.63, 3.8) is 0 Å². The molecule has 0 bridgehead atoms. The molecule has 0 aromatic heterocycles. The van der Waals surface area contributed by atoms with Crippen molar-refractivity contribution in [3.8, 4) is 0 Å². The molecule has 0 saturated carbocycles. The molecule has 24 heavy (non-hydrogen) atoms. The Hall–Kier alpha value is -3.19. The number of aliphatic carboxylic acids is 1. The molecule has 0 aliphatic rings. The summed E-state index contributed by atoms with van der Waals surface area (Å²) in [6.07, 6.45) is 1.19. The highest BCUT2D eigenvalue weighted by Gasteiger charge is 2.21. The van der Waals surface area contributed by atoms with Crippen LogP contribution in [0.15, 0.2) is 42.5 Å². The number of rotatable bonds is 6. The van der Waals surface area contributed by atoms with Crippen LogP contribution in [0.5, 0.6) is 0 Å². The van der Waals surface area contributed by atoms with E-state index in [2.05, 4.69) is 10.6 Å². The normalized spacial score (nSPS) is 11.4. The third-order valence-corrected chi connectivity index (χ3v) is 3.32. The number of amides is 1. The first-order valence-electron chi connectivity index (χ1n) is 7.18. The number of nitrogens with one attached hydrogen (secondary N) is 3. The summed E-state index contributed by atoms with van der Waals surface area (Å²) < 4.78 is 0. The number of carboxylic acids is 1. The molecule has 2 aromatic rings. The van der Waals surface area contributed by atoms with E-state index >= 15 is 0 Å². The van der Waals surface area contributed by atoms with Gasteiger partial charge in [0.15, 0.2) is 6.04 Å². The minimum atomic E-state index is -1.64. The molecule has 124 valence electrons. The quantitative estimate of drug-likeness (QED) is 0.410. The first-order valence-corrected chi connectivity index (χ1v) is 7.18. The zero-order valence-electron chi connectivity index (χ0n) is 13.0. The topological polar surface area (TPSA) is 128 Å². The summed E-state index contributed by atoms with van der Waals surface area (Å²) in [5.74, 6) is -2.21. The second-order valence-electron chi connectivity index (χ2n) is 5.25. The molecule has 2 aromatic carbocycles. The second kappa shape index (κ2) is 7.38. The molecule has 0 fully saturated rings. The van der Waals surface area contributed by atoms with Gasteiger partial charge in [-0.2, -0.15) is 0 Å². The van der Waals surface area contributed by atoms with Gasteiger partial charge in [0, 0.05) is 28.8 Å². The number of aryl methyl sites for hydroxylation is 1. The summed E-state index contributed by atoms with van der Waals surface area (Å²) in [7, 11) is 0. The van der Waals surface area contributed by atoms with Gasteiger partial charge in [0.05, 0.1) is 0 Å². The predicted molar refractivity (Wildman–Crippen MR) is 93.0 cm³/mol. The highest BCUT2D eigenvalue weighted by molar-refractivity contribution is 6.08. The zero-order valence-corrected chi connectivity index (χ0v) is 13.0. The van der Waals surface area contributed by atoms with Gasteiger partial charge in [-0.1, -0.05) is 12.1 Å². The lowest BCUT2D eigenvalue weighted by molar-refractivity contribution is -0.141. The molecule has 2 rings (SSSR count). The van der Waals surface area contributed by atoms with Gasteiger partial charge in [-0.05, 0) is 42.8 Å². The molecule has 6 N–H and O–H groups in total. The maximum atomic E-state index is 11.7. The van der Waals surface area contributed by atoms with Crippen molar-refractivity contribution in [2.45, 2.75) is 13.0 Å². The number of hydrogen-bond acceptors (Lipinski definition) is 5. The van der Waals surface area contributed by atoms with Gasteiger partial charge in [0.1, 0.15) is 0 Å². The van der Waals surface area contributed by atoms with Gasteiger partial charge < -0.3 is 26.9 Å².